The number of thiazole rings is 1. The molecule has 5 heteroatoms. The molecule has 0 bridgehead atoms. The molecule has 2 aromatic rings. The van der Waals surface area contributed by atoms with Crippen molar-refractivity contribution in [1.82, 2.24) is 9.88 Å². The van der Waals surface area contributed by atoms with Crippen LogP contribution in [0.4, 0.5) is 0 Å². The number of carboxylic acid groups (broad SMARTS) is 1. The quantitative estimate of drug-likeness (QED) is 0.936. The number of carboxylic acids is 1. The Hall–Kier alpha value is -1.72. The van der Waals surface area contributed by atoms with Crippen LogP contribution in [0.1, 0.15) is 47.2 Å². The SMILES string of the molecule is CC1(C)CC(c2ccccc2)CN1Cc1nc(C(=O)O)cs1. The van der Waals surface area contributed by atoms with Gasteiger partial charge in [0.25, 0.3) is 0 Å². The predicted molar refractivity (Wildman–Crippen MR) is 87.4 cm³/mol. The largest absolute Gasteiger partial charge is 0.476 e. The molecule has 0 amide bonds. The Balaban J connectivity index is 1.74. The zero-order valence-electron chi connectivity index (χ0n) is 12.8. The Morgan fingerprint density at radius 2 is 2.14 bits per heavy atom. The van der Waals surface area contributed by atoms with Gasteiger partial charge in [-0.2, -0.15) is 0 Å². The summed E-state index contributed by atoms with van der Waals surface area (Å²) in [6.45, 7) is 6.20. The molecule has 4 nitrogen and oxygen atoms in total. The van der Waals surface area contributed by atoms with E-state index in [0.29, 0.717) is 12.5 Å². The van der Waals surface area contributed by atoms with Gasteiger partial charge in [0.2, 0.25) is 0 Å². The molecule has 0 radical (unpaired) electrons. The monoisotopic (exact) mass is 316 g/mol. The number of likely N-dealkylation sites (tertiary alicyclic amines) is 1. The molecule has 1 aromatic carbocycles. The van der Waals surface area contributed by atoms with Gasteiger partial charge in [-0.1, -0.05) is 30.3 Å². The lowest BCUT2D eigenvalue weighted by molar-refractivity contribution is 0.0691. The maximum absolute atomic E-state index is 10.9. The van der Waals surface area contributed by atoms with Gasteiger partial charge >= 0.3 is 5.97 Å². The van der Waals surface area contributed by atoms with Crippen molar-refractivity contribution in [3.05, 3.63) is 52.0 Å². The lowest BCUT2D eigenvalue weighted by Gasteiger charge is -2.30. The van der Waals surface area contributed by atoms with Crippen LogP contribution >= 0.6 is 11.3 Å². The van der Waals surface area contributed by atoms with E-state index in [9.17, 15) is 4.79 Å². The average molecular weight is 316 g/mol. The zero-order valence-corrected chi connectivity index (χ0v) is 13.6. The van der Waals surface area contributed by atoms with Gasteiger partial charge in [-0.05, 0) is 31.7 Å². The van der Waals surface area contributed by atoms with Crippen molar-refractivity contribution in [2.24, 2.45) is 0 Å². The normalized spacial score (nSPS) is 21.1. The molecule has 2 heterocycles. The second kappa shape index (κ2) is 5.82. The molecule has 22 heavy (non-hydrogen) atoms. The van der Waals surface area contributed by atoms with E-state index in [0.717, 1.165) is 18.0 Å². The summed E-state index contributed by atoms with van der Waals surface area (Å²) >= 11 is 1.43. The number of hydrogen-bond donors (Lipinski definition) is 1. The molecule has 1 N–H and O–H groups in total. The third kappa shape index (κ3) is 3.05. The van der Waals surface area contributed by atoms with Crippen LogP contribution in [0.2, 0.25) is 0 Å². The molecule has 1 atom stereocenters. The summed E-state index contributed by atoms with van der Waals surface area (Å²) in [6.07, 6.45) is 1.11. The van der Waals surface area contributed by atoms with Crippen LogP contribution in [-0.2, 0) is 6.54 Å². The minimum absolute atomic E-state index is 0.0928. The second-order valence-electron chi connectivity index (χ2n) is 6.44. The van der Waals surface area contributed by atoms with E-state index in [-0.39, 0.29) is 11.2 Å². The number of benzene rings is 1. The number of rotatable bonds is 4. The second-order valence-corrected chi connectivity index (χ2v) is 7.38. The summed E-state index contributed by atoms with van der Waals surface area (Å²) in [6, 6.07) is 10.6. The van der Waals surface area contributed by atoms with Gasteiger partial charge in [0.05, 0.1) is 6.54 Å². The summed E-state index contributed by atoms with van der Waals surface area (Å²) < 4.78 is 0. The Morgan fingerprint density at radius 3 is 2.77 bits per heavy atom. The van der Waals surface area contributed by atoms with Gasteiger partial charge in [0.15, 0.2) is 5.69 Å². The van der Waals surface area contributed by atoms with Crippen molar-refractivity contribution >= 4 is 17.3 Å². The zero-order chi connectivity index (χ0) is 15.7. The lowest BCUT2D eigenvalue weighted by Crippen LogP contribution is -2.37. The van der Waals surface area contributed by atoms with Gasteiger partial charge < -0.3 is 5.11 Å². The summed E-state index contributed by atoms with van der Waals surface area (Å²) in [7, 11) is 0. The van der Waals surface area contributed by atoms with E-state index in [4.69, 9.17) is 5.11 Å². The molecule has 1 aliphatic heterocycles. The minimum atomic E-state index is -0.953. The van der Waals surface area contributed by atoms with Crippen LogP contribution in [0.3, 0.4) is 0 Å². The highest BCUT2D eigenvalue weighted by atomic mass is 32.1. The first-order chi connectivity index (χ1) is 10.5. The maximum Gasteiger partial charge on any atom is 0.355 e. The molecular weight excluding hydrogens is 296 g/mol. The highest BCUT2D eigenvalue weighted by Crippen LogP contribution is 2.39. The summed E-state index contributed by atoms with van der Waals surface area (Å²) in [5.41, 5.74) is 1.62. The highest BCUT2D eigenvalue weighted by Gasteiger charge is 2.39. The van der Waals surface area contributed by atoms with Crippen molar-refractivity contribution < 1.29 is 9.90 Å². The molecule has 1 fully saturated rings. The molecule has 116 valence electrons. The van der Waals surface area contributed by atoms with Crippen LogP contribution in [0.25, 0.3) is 0 Å². The maximum atomic E-state index is 10.9. The molecule has 1 aromatic heterocycles. The number of aromatic nitrogens is 1. The number of nitrogens with zero attached hydrogens (tertiary/aromatic N) is 2. The Morgan fingerprint density at radius 1 is 1.41 bits per heavy atom. The fourth-order valence-corrected chi connectivity index (χ4v) is 3.96. The van der Waals surface area contributed by atoms with Crippen molar-refractivity contribution in [2.45, 2.75) is 38.3 Å². The molecule has 0 aliphatic carbocycles. The van der Waals surface area contributed by atoms with Crippen LogP contribution in [0, 0.1) is 0 Å². The number of aromatic carboxylic acids is 1. The first-order valence-corrected chi connectivity index (χ1v) is 8.31. The van der Waals surface area contributed by atoms with Gasteiger partial charge in [0.1, 0.15) is 5.01 Å². The summed E-state index contributed by atoms with van der Waals surface area (Å²) in [5, 5.41) is 11.5. The smallest absolute Gasteiger partial charge is 0.355 e. The number of carbonyl (C=O) groups is 1. The number of hydrogen-bond acceptors (Lipinski definition) is 4. The Bertz CT molecular complexity index is 666. The van der Waals surface area contributed by atoms with Crippen LogP contribution in [-0.4, -0.2) is 33.0 Å². The van der Waals surface area contributed by atoms with Crippen LogP contribution < -0.4 is 0 Å². The fourth-order valence-electron chi connectivity index (χ4n) is 3.18. The Kier molecular flexibility index (Phi) is 4.02. The van der Waals surface area contributed by atoms with E-state index < -0.39 is 5.97 Å². The van der Waals surface area contributed by atoms with E-state index in [1.54, 1.807) is 5.38 Å². The molecule has 1 aliphatic rings. The fraction of sp³-hybridized carbons (Fsp3) is 0.412. The first-order valence-electron chi connectivity index (χ1n) is 7.43. The van der Waals surface area contributed by atoms with E-state index in [1.807, 2.05) is 6.07 Å². The molecule has 1 unspecified atom stereocenters. The van der Waals surface area contributed by atoms with Gasteiger partial charge in [-0.15, -0.1) is 11.3 Å². The molecule has 0 saturated carbocycles. The predicted octanol–water partition coefficient (Wildman–Crippen LogP) is 3.61. The van der Waals surface area contributed by atoms with Gasteiger partial charge in [-0.3, -0.25) is 4.90 Å². The summed E-state index contributed by atoms with van der Waals surface area (Å²) in [4.78, 5) is 17.6. The van der Waals surface area contributed by atoms with Gasteiger partial charge in [-0.25, -0.2) is 9.78 Å². The minimum Gasteiger partial charge on any atom is -0.476 e. The summed E-state index contributed by atoms with van der Waals surface area (Å²) in [5.74, 6) is -0.430. The molecule has 1 saturated heterocycles. The van der Waals surface area contributed by atoms with E-state index in [2.05, 4.69) is 48.0 Å². The first kappa shape index (κ1) is 15.2. The third-order valence-electron chi connectivity index (χ3n) is 4.41. The topological polar surface area (TPSA) is 53.4 Å². The van der Waals surface area contributed by atoms with Crippen molar-refractivity contribution in [2.75, 3.05) is 6.54 Å². The van der Waals surface area contributed by atoms with E-state index >= 15 is 0 Å². The highest BCUT2D eigenvalue weighted by molar-refractivity contribution is 7.09. The van der Waals surface area contributed by atoms with Crippen molar-refractivity contribution in [3.8, 4) is 0 Å². The van der Waals surface area contributed by atoms with E-state index in [1.165, 1.54) is 16.9 Å². The van der Waals surface area contributed by atoms with Crippen LogP contribution in [0.5, 0.6) is 0 Å². The lowest BCUT2D eigenvalue weighted by atomic mass is 9.91. The molecule has 3 rings (SSSR count). The third-order valence-corrected chi connectivity index (χ3v) is 5.24. The van der Waals surface area contributed by atoms with Crippen molar-refractivity contribution in [1.29, 1.82) is 0 Å². The Labute approximate surface area is 134 Å². The standard InChI is InChI=1S/C17H20N2O2S/c1-17(2)8-13(12-6-4-3-5-7-12)9-19(17)10-15-18-14(11-22-15)16(20)21/h3-7,11,13H,8-10H2,1-2H3,(H,20,21). The van der Waals surface area contributed by atoms with Crippen molar-refractivity contribution in [3.63, 3.8) is 0 Å². The van der Waals surface area contributed by atoms with Gasteiger partial charge in [0, 0.05) is 17.5 Å². The molecule has 0 spiro atoms. The average Bonchev–Trinajstić information content (AvgIpc) is 3.06. The van der Waals surface area contributed by atoms with Crippen LogP contribution in [0.15, 0.2) is 35.7 Å². The molecular formula is C17H20N2O2S.